The topological polar surface area (TPSA) is 60.8 Å². The van der Waals surface area contributed by atoms with Crippen molar-refractivity contribution in [1.29, 1.82) is 0 Å². The van der Waals surface area contributed by atoms with Gasteiger partial charge in [0.15, 0.2) is 6.30 Å². The molecule has 2 rings (SSSR count). The van der Waals surface area contributed by atoms with Crippen molar-refractivity contribution in [3.05, 3.63) is 35.4 Å². The van der Waals surface area contributed by atoms with Gasteiger partial charge in [-0.2, -0.15) is 0 Å². The number of piperidine rings is 1. The molecule has 6 heteroatoms. The van der Waals surface area contributed by atoms with E-state index in [1.54, 1.807) is 0 Å². The zero-order valence-corrected chi connectivity index (χ0v) is 10.4. The molecule has 1 aliphatic heterocycles. The summed E-state index contributed by atoms with van der Waals surface area (Å²) in [5.41, 5.74) is -1.68. The Morgan fingerprint density at radius 2 is 1.95 bits per heavy atom. The zero-order valence-electron chi connectivity index (χ0n) is 10.4. The van der Waals surface area contributed by atoms with E-state index in [2.05, 4.69) is 0 Å². The number of hydrogen-bond acceptors (Lipinski definition) is 3. The highest BCUT2D eigenvalue weighted by Gasteiger charge is 2.46. The van der Waals surface area contributed by atoms with Crippen molar-refractivity contribution < 1.29 is 23.8 Å². The van der Waals surface area contributed by atoms with Gasteiger partial charge in [0.05, 0.1) is 5.56 Å². The minimum absolute atomic E-state index is 0.0347. The molecule has 0 aliphatic carbocycles. The van der Waals surface area contributed by atoms with Gasteiger partial charge >= 0.3 is 5.97 Å². The van der Waals surface area contributed by atoms with Crippen LogP contribution in [0.2, 0.25) is 0 Å². The molecule has 0 bridgehead atoms. The Labute approximate surface area is 109 Å². The first-order chi connectivity index (χ1) is 8.84. The van der Waals surface area contributed by atoms with Crippen LogP contribution in [0.4, 0.5) is 8.78 Å². The van der Waals surface area contributed by atoms with E-state index in [0.29, 0.717) is 0 Å². The van der Waals surface area contributed by atoms with E-state index in [1.807, 2.05) is 0 Å². The summed E-state index contributed by atoms with van der Waals surface area (Å²) in [5.74, 6) is -1.11. The van der Waals surface area contributed by atoms with Gasteiger partial charge in [-0.05, 0) is 24.7 Å². The molecule has 0 spiro atoms. The van der Waals surface area contributed by atoms with Crippen LogP contribution in [0.15, 0.2) is 24.3 Å². The molecular formula is C13H15F2NO3. The van der Waals surface area contributed by atoms with Gasteiger partial charge in [-0.15, -0.1) is 0 Å². The molecule has 0 amide bonds. The van der Waals surface area contributed by atoms with Crippen molar-refractivity contribution in [1.82, 2.24) is 4.90 Å². The number of halogens is 2. The Balaban J connectivity index is 2.30. The number of carboxylic acid groups (broad SMARTS) is 1. The van der Waals surface area contributed by atoms with Crippen molar-refractivity contribution in [2.24, 2.45) is 0 Å². The summed E-state index contributed by atoms with van der Waals surface area (Å²) in [4.78, 5) is 11.9. The monoisotopic (exact) mass is 271 g/mol. The van der Waals surface area contributed by atoms with Crippen LogP contribution in [0.1, 0.15) is 22.3 Å². The average Bonchev–Trinajstić information content (AvgIpc) is 2.36. The van der Waals surface area contributed by atoms with E-state index in [-0.39, 0.29) is 24.1 Å². The summed E-state index contributed by atoms with van der Waals surface area (Å²) in [6.45, 7) is -0.210. The minimum atomic E-state index is -1.91. The third-order valence-electron chi connectivity index (χ3n) is 3.56. The summed E-state index contributed by atoms with van der Waals surface area (Å²) in [6.07, 6.45) is -3.44. The predicted octanol–water partition coefficient (Wildman–Crippen LogP) is 1.54. The Bertz CT molecular complexity index is 479. The standard InChI is InChI=1S/C13H15F2NO3/c1-16-7-10(14)13(19,6-11(16)15)9-4-2-8(3-5-9)12(17)18/h2-5,10-11,19H,6-7H2,1H3,(H,17,18). The highest BCUT2D eigenvalue weighted by molar-refractivity contribution is 5.87. The van der Waals surface area contributed by atoms with Crippen LogP contribution in [0.5, 0.6) is 0 Å². The second kappa shape index (κ2) is 4.86. The number of likely N-dealkylation sites (tertiary alicyclic amines) is 1. The number of nitrogens with zero attached hydrogens (tertiary/aromatic N) is 1. The molecule has 0 radical (unpaired) electrons. The largest absolute Gasteiger partial charge is 0.478 e. The highest BCUT2D eigenvalue weighted by atomic mass is 19.1. The van der Waals surface area contributed by atoms with Crippen molar-refractivity contribution in [3.63, 3.8) is 0 Å². The fraction of sp³-hybridized carbons (Fsp3) is 0.462. The molecule has 1 aromatic carbocycles. The number of rotatable bonds is 2. The number of hydrogen-bond donors (Lipinski definition) is 2. The average molecular weight is 271 g/mol. The maximum absolute atomic E-state index is 14.0. The second-order valence-electron chi connectivity index (χ2n) is 4.85. The number of benzene rings is 1. The van der Waals surface area contributed by atoms with E-state index in [9.17, 15) is 18.7 Å². The number of carbonyl (C=O) groups is 1. The molecular weight excluding hydrogens is 256 g/mol. The highest BCUT2D eigenvalue weighted by Crippen LogP contribution is 2.37. The first-order valence-corrected chi connectivity index (χ1v) is 5.89. The number of alkyl halides is 2. The fourth-order valence-corrected chi connectivity index (χ4v) is 2.26. The molecule has 4 nitrogen and oxygen atoms in total. The first kappa shape index (κ1) is 13.9. The second-order valence-corrected chi connectivity index (χ2v) is 4.85. The van der Waals surface area contributed by atoms with Crippen LogP contribution < -0.4 is 0 Å². The van der Waals surface area contributed by atoms with E-state index in [4.69, 9.17) is 5.11 Å². The first-order valence-electron chi connectivity index (χ1n) is 5.89. The molecule has 1 aromatic rings. The van der Waals surface area contributed by atoms with Crippen LogP contribution in [0.3, 0.4) is 0 Å². The third kappa shape index (κ3) is 2.46. The lowest BCUT2D eigenvalue weighted by atomic mass is 9.82. The van der Waals surface area contributed by atoms with Gasteiger partial charge in [0.2, 0.25) is 0 Å². The normalized spacial score (nSPS) is 32.2. The summed E-state index contributed by atoms with van der Waals surface area (Å²) in [6, 6.07) is 5.20. The zero-order chi connectivity index (χ0) is 14.2. The molecule has 1 fully saturated rings. The van der Waals surface area contributed by atoms with Crippen LogP contribution in [0.25, 0.3) is 0 Å². The molecule has 3 atom stereocenters. The molecule has 0 aromatic heterocycles. The van der Waals surface area contributed by atoms with E-state index < -0.39 is 24.0 Å². The Morgan fingerprint density at radius 3 is 2.47 bits per heavy atom. The van der Waals surface area contributed by atoms with Gasteiger partial charge in [-0.1, -0.05) is 12.1 Å². The molecule has 0 saturated carbocycles. The number of aliphatic hydroxyl groups is 1. The quantitative estimate of drug-likeness (QED) is 0.801. The van der Waals surface area contributed by atoms with Gasteiger partial charge in [0, 0.05) is 13.0 Å². The third-order valence-corrected chi connectivity index (χ3v) is 3.56. The molecule has 104 valence electrons. The maximum atomic E-state index is 14.0. The summed E-state index contributed by atoms with van der Waals surface area (Å²) >= 11 is 0. The summed E-state index contributed by atoms with van der Waals surface area (Å²) in [5, 5.41) is 19.1. The lowest BCUT2D eigenvalue weighted by molar-refractivity contribution is -0.131. The van der Waals surface area contributed by atoms with Crippen LogP contribution in [-0.2, 0) is 5.60 Å². The van der Waals surface area contributed by atoms with E-state index in [1.165, 1.54) is 36.2 Å². The number of carboxylic acids is 1. The molecule has 1 aliphatic rings. The fourth-order valence-electron chi connectivity index (χ4n) is 2.26. The molecule has 1 saturated heterocycles. The van der Waals surface area contributed by atoms with E-state index >= 15 is 0 Å². The van der Waals surface area contributed by atoms with Crippen molar-refractivity contribution in [2.45, 2.75) is 24.5 Å². The number of aromatic carboxylic acids is 1. The van der Waals surface area contributed by atoms with Crippen molar-refractivity contribution in [3.8, 4) is 0 Å². The van der Waals surface area contributed by atoms with Crippen LogP contribution in [-0.4, -0.2) is 47.1 Å². The van der Waals surface area contributed by atoms with Crippen LogP contribution >= 0.6 is 0 Å². The lowest BCUT2D eigenvalue weighted by Gasteiger charge is -2.41. The van der Waals surface area contributed by atoms with Gasteiger partial charge in [-0.3, -0.25) is 4.90 Å². The molecule has 19 heavy (non-hydrogen) atoms. The van der Waals surface area contributed by atoms with Crippen LogP contribution in [0, 0.1) is 0 Å². The Kier molecular flexibility index (Phi) is 3.56. The smallest absolute Gasteiger partial charge is 0.335 e. The van der Waals surface area contributed by atoms with Gasteiger partial charge in [0.1, 0.15) is 11.8 Å². The summed E-state index contributed by atoms with van der Waals surface area (Å²) in [7, 11) is 1.45. The Morgan fingerprint density at radius 1 is 1.37 bits per heavy atom. The minimum Gasteiger partial charge on any atom is -0.478 e. The lowest BCUT2D eigenvalue weighted by Crippen LogP contribution is -2.53. The molecule has 1 heterocycles. The Hall–Kier alpha value is -1.53. The predicted molar refractivity (Wildman–Crippen MR) is 64.3 cm³/mol. The SMILES string of the molecule is CN1CC(F)C(O)(c2ccc(C(=O)O)cc2)CC1F. The van der Waals surface area contributed by atoms with Crippen molar-refractivity contribution >= 4 is 5.97 Å². The van der Waals surface area contributed by atoms with Crippen molar-refractivity contribution in [2.75, 3.05) is 13.6 Å². The van der Waals surface area contributed by atoms with Gasteiger partial charge in [0.25, 0.3) is 0 Å². The van der Waals surface area contributed by atoms with E-state index in [0.717, 1.165) is 0 Å². The van der Waals surface area contributed by atoms with Gasteiger partial charge < -0.3 is 10.2 Å². The molecule has 3 unspecified atom stereocenters. The summed E-state index contributed by atoms with van der Waals surface area (Å²) < 4.78 is 27.7. The maximum Gasteiger partial charge on any atom is 0.335 e. The van der Waals surface area contributed by atoms with Gasteiger partial charge in [-0.25, -0.2) is 13.6 Å². The molecule has 2 N–H and O–H groups in total.